The number of carbonyl (C=O) groups is 1. The second-order valence-electron chi connectivity index (χ2n) is 2.45. The van der Waals surface area contributed by atoms with Gasteiger partial charge >= 0.3 is 0 Å². The van der Waals surface area contributed by atoms with Crippen LogP contribution in [0, 0.1) is 6.92 Å². The molecule has 2 N–H and O–H groups in total. The van der Waals surface area contributed by atoms with Gasteiger partial charge in [-0.15, -0.1) is 11.3 Å². The molecule has 1 rings (SSSR count). The van der Waals surface area contributed by atoms with Crippen molar-refractivity contribution in [1.29, 1.82) is 0 Å². The predicted octanol–water partition coefficient (Wildman–Crippen LogP) is 0.665. The number of nitrogens with one attached hydrogen (secondary N) is 1. The second-order valence-corrected chi connectivity index (χ2v) is 3.82. The lowest BCUT2D eigenvalue weighted by molar-refractivity contribution is -0.123. The van der Waals surface area contributed by atoms with E-state index in [0.29, 0.717) is 6.54 Å². The summed E-state index contributed by atoms with van der Waals surface area (Å²) in [5.74, 6) is -0.332. The van der Waals surface area contributed by atoms with Crippen LogP contribution < -0.4 is 5.32 Å². The van der Waals surface area contributed by atoms with Crippen molar-refractivity contribution < 1.29 is 9.90 Å². The molecule has 0 unspecified atom stereocenters. The Balaban J connectivity index is 2.38. The van der Waals surface area contributed by atoms with E-state index in [1.807, 2.05) is 19.1 Å². The molecule has 0 aliphatic heterocycles. The lowest BCUT2D eigenvalue weighted by atomic mass is 10.4. The number of hydrogen-bond acceptors (Lipinski definition) is 3. The molecule has 0 saturated carbocycles. The van der Waals surface area contributed by atoms with Crippen LogP contribution in [0.5, 0.6) is 0 Å². The zero-order chi connectivity index (χ0) is 8.97. The number of amides is 1. The molecule has 0 bridgehead atoms. The van der Waals surface area contributed by atoms with Crippen molar-refractivity contribution in [1.82, 2.24) is 5.32 Å². The summed E-state index contributed by atoms with van der Waals surface area (Å²) in [7, 11) is 0. The summed E-state index contributed by atoms with van der Waals surface area (Å²) in [4.78, 5) is 13.0. The molecule has 3 nitrogen and oxygen atoms in total. The van der Waals surface area contributed by atoms with E-state index in [9.17, 15) is 4.79 Å². The second kappa shape index (κ2) is 4.23. The fourth-order valence-corrected chi connectivity index (χ4v) is 1.65. The zero-order valence-electron chi connectivity index (χ0n) is 6.83. The normalized spacial score (nSPS) is 9.83. The van der Waals surface area contributed by atoms with E-state index < -0.39 is 6.61 Å². The van der Waals surface area contributed by atoms with E-state index in [-0.39, 0.29) is 5.91 Å². The van der Waals surface area contributed by atoms with Gasteiger partial charge in [0.1, 0.15) is 6.61 Å². The van der Waals surface area contributed by atoms with Gasteiger partial charge in [0.25, 0.3) is 0 Å². The minimum atomic E-state index is -0.440. The molecule has 4 heteroatoms. The highest BCUT2D eigenvalue weighted by Crippen LogP contribution is 2.14. The number of aryl methyl sites for hydroxylation is 1. The van der Waals surface area contributed by atoms with E-state index in [0.717, 1.165) is 4.88 Å². The molecular weight excluding hydrogens is 174 g/mol. The number of carbonyl (C=O) groups excluding carboxylic acids is 1. The Bertz CT molecular complexity index is 270. The van der Waals surface area contributed by atoms with E-state index in [1.54, 1.807) is 11.3 Å². The smallest absolute Gasteiger partial charge is 0.246 e. The third kappa shape index (κ3) is 2.64. The van der Waals surface area contributed by atoms with Gasteiger partial charge in [-0.3, -0.25) is 4.79 Å². The van der Waals surface area contributed by atoms with Gasteiger partial charge in [0.2, 0.25) is 5.91 Å². The summed E-state index contributed by atoms with van der Waals surface area (Å²) < 4.78 is 0. The maximum absolute atomic E-state index is 10.6. The van der Waals surface area contributed by atoms with E-state index in [4.69, 9.17) is 5.11 Å². The minimum absolute atomic E-state index is 0.332. The van der Waals surface area contributed by atoms with Crippen molar-refractivity contribution >= 4 is 17.2 Å². The van der Waals surface area contributed by atoms with Crippen LogP contribution in [0.4, 0.5) is 0 Å². The standard InChI is InChI=1S/C8H11NO2S/c1-6-2-3-7(12-6)4-9-8(11)5-10/h2-3,10H,4-5H2,1H3,(H,9,11). The third-order valence-corrected chi connectivity index (χ3v) is 2.40. The Morgan fingerprint density at radius 1 is 1.67 bits per heavy atom. The van der Waals surface area contributed by atoms with Gasteiger partial charge in [-0.05, 0) is 19.1 Å². The fraction of sp³-hybridized carbons (Fsp3) is 0.375. The first-order valence-electron chi connectivity index (χ1n) is 3.65. The largest absolute Gasteiger partial charge is 0.387 e. The Kier molecular flexibility index (Phi) is 3.25. The van der Waals surface area contributed by atoms with Crippen LogP contribution in [0.2, 0.25) is 0 Å². The molecule has 12 heavy (non-hydrogen) atoms. The molecule has 1 amide bonds. The van der Waals surface area contributed by atoms with Crippen LogP contribution >= 0.6 is 11.3 Å². The predicted molar refractivity (Wildman–Crippen MR) is 48.0 cm³/mol. The summed E-state index contributed by atoms with van der Waals surface area (Å²) >= 11 is 1.64. The van der Waals surface area contributed by atoms with Gasteiger partial charge in [0, 0.05) is 9.75 Å². The van der Waals surface area contributed by atoms with Crippen LogP contribution in [0.15, 0.2) is 12.1 Å². The first kappa shape index (κ1) is 9.22. The minimum Gasteiger partial charge on any atom is -0.387 e. The lowest BCUT2D eigenvalue weighted by Crippen LogP contribution is -2.25. The molecule has 0 aliphatic rings. The molecule has 0 saturated heterocycles. The van der Waals surface area contributed by atoms with Gasteiger partial charge in [-0.1, -0.05) is 0 Å². The quantitative estimate of drug-likeness (QED) is 0.727. The summed E-state index contributed by atoms with van der Waals surface area (Å²) in [6, 6.07) is 3.97. The fourth-order valence-electron chi connectivity index (χ4n) is 0.822. The Labute approximate surface area is 75.0 Å². The molecule has 0 atom stereocenters. The van der Waals surface area contributed by atoms with E-state index in [1.165, 1.54) is 4.88 Å². The first-order valence-corrected chi connectivity index (χ1v) is 4.47. The van der Waals surface area contributed by atoms with Crippen molar-refractivity contribution in [3.8, 4) is 0 Å². The average Bonchev–Trinajstić information content (AvgIpc) is 2.47. The van der Waals surface area contributed by atoms with Crippen LogP contribution in [-0.4, -0.2) is 17.6 Å². The van der Waals surface area contributed by atoms with Crippen molar-refractivity contribution in [2.75, 3.05) is 6.61 Å². The molecule has 0 fully saturated rings. The molecule has 0 spiro atoms. The first-order chi connectivity index (χ1) is 5.72. The maximum atomic E-state index is 10.6. The Hall–Kier alpha value is -0.870. The lowest BCUT2D eigenvalue weighted by Gasteiger charge is -1.98. The van der Waals surface area contributed by atoms with Crippen LogP contribution in [0.3, 0.4) is 0 Å². The van der Waals surface area contributed by atoms with Crippen LogP contribution in [-0.2, 0) is 11.3 Å². The van der Waals surface area contributed by atoms with Gasteiger partial charge in [-0.2, -0.15) is 0 Å². The molecular formula is C8H11NO2S. The maximum Gasteiger partial charge on any atom is 0.246 e. The van der Waals surface area contributed by atoms with Crippen molar-refractivity contribution in [3.63, 3.8) is 0 Å². The van der Waals surface area contributed by atoms with Crippen molar-refractivity contribution in [3.05, 3.63) is 21.9 Å². The third-order valence-electron chi connectivity index (χ3n) is 1.40. The molecule has 0 aromatic carbocycles. The Morgan fingerprint density at radius 3 is 2.92 bits per heavy atom. The SMILES string of the molecule is Cc1ccc(CNC(=O)CO)s1. The summed E-state index contributed by atoms with van der Waals surface area (Å²) in [6.07, 6.45) is 0. The molecule has 1 aromatic rings. The number of thiophene rings is 1. The Morgan fingerprint density at radius 2 is 2.42 bits per heavy atom. The van der Waals surface area contributed by atoms with Crippen molar-refractivity contribution in [2.24, 2.45) is 0 Å². The summed E-state index contributed by atoms with van der Waals surface area (Å²) in [5, 5.41) is 11.0. The van der Waals surface area contributed by atoms with E-state index in [2.05, 4.69) is 5.32 Å². The van der Waals surface area contributed by atoms with E-state index >= 15 is 0 Å². The topological polar surface area (TPSA) is 49.3 Å². The highest BCUT2D eigenvalue weighted by Gasteiger charge is 1.99. The number of rotatable bonds is 3. The van der Waals surface area contributed by atoms with Crippen molar-refractivity contribution in [2.45, 2.75) is 13.5 Å². The molecule has 1 heterocycles. The number of aliphatic hydroxyl groups excluding tert-OH is 1. The zero-order valence-corrected chi connectivity index (χ0v) is 7.65. The summed E-state index contributed by atoms with van der Waals surface area (Å²) in [5.41, 5.74) is 0. The highest BCUT2D eigenvalue weighted by atomic mass is 32.1. The van der Waals surface area contributed by atoms with Gasteiger partial charge in [0.15, 0.2) is 0 Å². The number of hydrogen-bond donors (Lipinski definition) is 2. The molecule has 0 radical (unpaired) electrons. The monoisotopic (exact) mass is 185 g/mol. The van der Waals surface area contributed by atoms with Gasteiger partial charge in [0.05, 0.1) is 6.54 Å². The van der Waals surface area contributed by atoms with Gasteiger partial charge in [-0.25, -0.2) is 0 Å². The van der Waals surface area contributed by atoms with Crippen LogP contribution in [0.1, 0.15) is 9.75 Å². The molecule has 1 aromatic heterocycles. The average molecular weight is 185 g/mol. The highest BCUT2D eigenvalue weighted by molar-refractivity contribution is 7.11. The summed E-state index contributed by atoms with van der Waals surface area (Å²) in [6.45, 7) is 2.09. The van der Waals surface area contributed by atoms with Gasteiger partial charge < -0.3 is 10.4 Å². The molecule has 0 aliphatic carbocycles. The van der Waals surface area contributed by atoms with Crippen LogP contribution in [0.25, 0.3) is 0 Å². The number of aliphatic hydroxyl groups is 1. The molecule has 66 valence electrons.